The summed E-state index contributed by atoms with van der Waals surface area (Å²) in [5, 5.41) is 15.1. The van der Waals surface area contributed by atoms with E-state index < -0.39 is 78.7 Å². The van der Waals surface area contributed by atoms with Crippen LogP contribution in [0, 0.1) is 0 Å². The molecule has 228 valence electrons. The summed E-state index contributed by atoms with van der Waals surface area (Å²) in [6, 6.07) is -1.27. The lowest BCUT2D eigenvalue weighted by atomic mass is 10.0. The molecule has 0 saturated carbocycles. The first kappa shape index (κ1) is 32.2. The number of rotatable bonds is 12. The number of anilines is 1. The van der Waals surface area contributed by atoms with Crippen molar-refractivity contribution in [2.75, 3.05) is 37.9 Å². The number of fused-ring (bicyclic) bond motifs is 1. The highest BCUT2D eigenvalue weighted by Crippen LogP contribution is 2.41. The molecule has 2 amide bonds. The second-order valence-electron chi connectivity index (χ2n) is 7.96. The predicted octanol–water partition coefficient (Wildman–Crippen LogP) is 1.02. The van der Waals surface area contributed by atoms with Crippen molar-refractivity contribution < 1.29 is 61.3 Å². The van der Waals surface area contributed by atoms with E-state index in [4.69, 9.17) is 15.6 Å². The van der Waals surface area contributed by atoms with Crippen molar-refractivity contribution in [2.45, 2.75) is 24.5 Å². The summed E-state index contributed by atoms with van der Waals surface area (Å²) in [6.07, 6.45) is -5.22. The Morgan fingerprint density at radius 3 is 2.60 bits per heavy atom. The average molecular weight is 638 g/mol. The van der Waals surface area contributed by atoms with Gasteiger partial charge in [0.2, 0.25) is 6.61 Å². The maximum absolute atomic E-state index is 13.1. The van der Waals surface area contributed by atoms with Crippen molar-refractivity contribution in [3.05, 3.63) is 34.5 Å². The van der Waals surface area contributed by atoms with Crippen LogP contribution in [0.4, 0.5) is 23.1 Å². The smallest absolute Gasteiger partial charge is 0.479 e. The number of esters is 1. The number of allylic oxidation sites excluding steroid dienone is 2. The molecule has 20 heteroatoms. The Morgan fingerprint density at radius 1 is 1.26 bits per heavy atom. The lowest BCUT2D eigenvalue weighted by Crippen LogP contribution is -2.71. The first-order chi connectivity index (χ1) is 19.8. The standard InChI is InChI=1S/C22H22F3N5O10S2/c1-2-37-21(36)39-6-5-38-19(35)15-10(3-4-22(23,24)25)8-41-18-14(17(34)30(15)18)28-16(33)13(29-40-7-12(31)32)11-9-42-20(26)27-11/h3-4,9,14,18H,2,5-8H2,1H3,(H2,26,27)(H,28,33)(H,31,32)/t14?,18-/m0/s1. The van der Waals surface area contributed by atoms with Gasteiger partial charge in [0.1, 0.15) is 36.0 Å². The lowest BCUT2D eigenvalue weighted by Gasteiger charge is -2.49. The molecule has 0 radical (unpaired) electrons. The van der Waals surface area contributed by atoms with Gasteiger partial charge in [-0.25, -0.2) is 19.4 Å². The number of nitrogens with zero attached hydrogens (tertiary/aromatic N) is 3. The van der Waals surface area contributed by atoms with Crippen molar-refractivity contribution in [3.8, 4) is 0 Å². The number of carboxylic acid groups (broad SMARTS) is 1. The van der Waals surface area contributed by atoms with Gasteiger partial charge in [-0.1, -0.05) is 11.2 Å². The van der Waals surface area contributed by atoms with Crippen LogP contribution in [0.25, 0.3) is 0 Å². The Hall–Kier alpha value is -4.33. The van der Waals surface area contributed by atoms with Crippen molar-refractivity contribution in [2.24, 2.45) is 5.16 Å². The number of aliphatic carboxylic acids is 1. The minimum atomic E-state index is -4.72. The second kappa shape index (κ2) is 14.0. The van der Waals surface area contributed by atoms with Crippen LogP contribution in [0.5, 0.6) is 0 Å². The molecule has 3 rings (SSSR count). The zero-order valence-electron chi connectivity index (χ0n) is 21.4. The molecule has 1 saturated heterocycles. The maximum Gasteiger partial charge on any atom is 0.508 e. The van der Waals surface area contributed by atoms with Crippen LogP contribution in [-0.2, 0) is 38.2 Å². The van der Waals surface area contributed by atoms with Crippen LogP contribution < -0.4 is 11.1 Å². The fourth-order valence-corrected chi connectivity index (χ4v) is 5.27. The number of halogens is 3. The molecule has 0 spiro atoms. The van der Waals surface area contributed by atoms with Crippen LogP contribution in [0.2, 0.25) is 0 Å². The van der Waals surface area contributed by atoms with E-state index in [9.17, 15) is 37.1 Å². The van der Waals surface area contributed by atoms with E-state index in [-0.39, 0.29) is 34.8 Å². The Kier molecular flexibility index (Phi) is 10.8. The molecular weight excluding hydrogens is 615 g/mol. The van der Waals surface area contributed by atoms with Gasteiger partial charge < -0.3 is 35.2 Å². The van der Waals surface area contributed by atoms with E-state index >= 15 is 0 Å². The maximum atomic E-state index is 13.1. The minimum Gasteiger partial charge on any atom is -0.479 e. The van der Waals surface area contributed by atoms with Gasteiger partial charge in [0, 0.05) is 17.2 Å². The number of thiazole rings is 1. The van der Waals surface area contributed by atoms with Gasteiger partial charge in [0.15, 0.2) is 10.8 Å². The van der Waals surface area contributed by atoms with Gasteiger partial charge in [-0.3, -0.25) is 14.5 Å². The summed E-state index contributed by atoms with van der Waals surface area (Å²) in [7, 11) is 0. The Morgan fingerprint density at radius 2 is 1.98 bits per heavy atom. The quantitative estimate of drug-likeness (QED) is 0.0963. The molecule has 42 heavy (non-hydrogen) atoms. The van der Waals surface area contributed by atoms with E-state index in [1.807, 2.05) is 0 Å². The highest BCUT2D eigenvalue weighted by atomic mass is 32.2. The fraction of sp³-hybridized carbons (Fsp3) is 0.409. The summed E-state index contributed by atoms with van der Waals surface area (Å²) in [5.41, 5.74) is 4.35. The number of hydrogen-bond donors (Lipinski definition) is 3. The summed E-state index contributed by atoms with van der Waals surface area (Å²) < 4.78 is 52.8. The molecule has 3 heterocycles. The van der Waals surface area contributed by atoms with Gasteiger partial charge in [-0.15, -0.1) is 23.1 Å². The highest BCUT2D eigenvalue weighted by Gasteiger charge is 2.54. The van der Waals surface area contributed by atoms with Gasteiger partial charge >= 0.3 is 24.3 Å². The predicted molar refractivity (Wildman–Crippen MR) is 138 cm³/mol. The number of nitrogens with one attached hydrogen (secondary N) is 1. The molecule has 1 fully saturated rings. The highest BCUT2D eigenvalue weighted by molar-refractivity contribution is 8.00. The number of oxime groups is 1. The third kappa shape index (κ3) is 8.35. The SMILES string of the molecule is CCOC(=O)OCCOC(=O)C1=C(C=CC(F)(F)F)CS[C@H]2C(NC(=O)C(=NOCC(=O)O)c3csc(N)n3)C(=O)N12. The third-order valence-electron chi connectivity index (χ3n) is 5.07. The number of carbonyl (C=O) groups excluding carboxylic acids is 4. The van der Waals surface area contributed by atoms with Crippen LogP contribution in [0.3, 0.4) is 0 Å². The molecule has 0 aromatic carbocycles. The van der Waals surface area contributed by atoms with Gasteiger partial charge in [-0.2, -0.15) is 13.2 Å². The van der Waals surface area contributed by atoms with Crippen LogP contribution in [-0.4, -0.2) is 100 Å². The number of ether oxygens (including phenoxy) is 3. The largest absolute Gasteiger partial charge is 0.508 e. The normalized spacial score (nSPS) is 18.7. The Balaban J connectivity index is 1.78. The number of nitrogen functional groups attached to an aromatic ring is 1. The topological polar surface area (TPSA) is 209 Å². The monoisotopic (exact) mass is 637 g/mol. The first-order valence-corrected chi connectivity index (χ1v) is 13.6. The van der Waals surface area contributed by atoms with Gasteiger partial charge in [-0.05, 0) is 12.5 Å². The number of hydrogen-bond acceptors (Lipinski definition) is 14. The number of β-lactam (4-membered cyclic amide) rings is 1. The summed E-state index contributed by atoms with van der Waals surface area (Å²) >= 11 is 1.90. The molecule has 1 aromatic heterocycles. The minimum absolute atomic E-state index is 0.0365. The summed E-state index contributed by atoms with van der Waals surface area (Å²) in [5.74, 6) is -4.60. The Bertz CT molecular complexity index is 1330. The van der Waals surface area contributed by atoms with E-state index in [1.54, 1.807) is 0 Å². The number of nitrogens with two attached hydrogens (primary N) is 1. The summed E-state index contributed by atoms with van der Waals surface area (Å²) in [4.78, 5) is 70.4. The van der Waals surface area contributed by atoms with Crippen molar-refractivity contribution in [1.82, 2.24) is 15.2 Å². The number of thioether (sulfide) groups is 1. The molecule has 15 nitrogen and oxygen atoms in total. The molecule has 1 aromatic rings. The number of aromatic nitrogens is 1. The van der Waals surface area contributed by atoms with E-state index in [2.05, 4.69) is 29.8 Å². The molecule has 0 bridgehead atoms. The van der Waals surface area contributed by atoms with Crippen LogP contribution >= 0.6 is 23.1 Å². The van der Waals surface area contributed by atoms with Gasteiger partial charge in [0.05, 0.1) is 6.61 Å². The number of carboxylic acids is 1. The molecule has 4 N–H and O–H groups in total. The third-order valence-corrected chi connectivity index (χ3v) is 7.05. The molecule has 2 atom stereocenters. The number of carbonyl (C=O) groups is 5. The second-order valence-corrected chi connectivity index (χ2v) is 9.95. The average Bonchev–Trinajstić information content (AvgIpc) is 3.35. The lowest BCUT2D eigenvalue weighted by molar-refractivity contribution is -0.153. The van der Waals surface area contributed by atoms with Crippen LogP contribution in [0.15, 0.2) is 34.0 Å². The molecular formula is C22H22F3N5O10S2. The van der Waals surface area contributed by atoms with E-state index in [0.717, 1.165) is 28.0 Å². The zero-order chi connectivity index (χ0) is 31.0. The molecule has 1 unspecified atom stereocenters. The summed E-state index contributed by atoms with van der Waals surface area (Å²) in [6.45, 7) is -0.236. The first-order valence-electron chi connectivity index (χ1n) is 11.7. The van der Waals surface area contributed by atoms with Crippen molar-refractivity contribution in [1.29, 1.82) is 0 Å². The van der Waals surface area contributed by atoms with Crippen molar-refractivity contribution in [3.63, 3.8) is 0 Å². The van der Waals surface area contributed by atoms with Crippen molar-refractivity contribution >= 4 is 63.9 Å². The zero-order valence-corrected chi connectivity index (χ0v) is 23.0. The molecule has 2 aliphatic heterocycles. The number of amides is 2. The Labute approximate surface area is 242 Å². The number of alkyl halides is 3. The fourth-order valence-electron chi connectivity index (χ4n) is 3.40. The molecule has 0 aliphatic carbocycles. The van der Waals surface area contributed by atoms with Gasteiger partial charge in [0.25, 0.3) is 11.8 Å². The van der Waals surface area contributed by atoms with Crippen LogP contribution in [0.1, 0.15) is 12.6 Å². The molecule has 2 aliphatic rings. The van der Waals surface area contributed by atoms with E-state index in [1.165, 1.54) is 12.3 Å². The van der Waals surface area contributed by atoms with E-state index in [0.29, 0.717) is 6.08 Å².